The Morgan fingerprint density at radius 3 is 1.45 bits per heavy atom. The first kappa shape index (κ1) is 17.2. The van der Waals surface area contributed by atoms with Crippen LogP contribution in [-0.2, 0) is 0 Å². The number of hydrogen-bond donors (Lipinski definition) is 2. The fourth-order valence-electron chi connectivity index (χ4n) is 1.83. The Morgan fingerprint density at radius 1 is 0.727 bits per heavy atom. The molecule has 0 spiro atoms. The van der Waals surface area contributed by atoms with E-state index in [1.165, 1.54) is 0 Å². The topological polar surface area (TPSA) is 58.2 Å². The van der Waals surface area contributed by atoms with Gasteiger partial charge in [0.15, 0.2) is 0 Å². The number of carbonyl (C=O) groups excluding carboxylic acids is 2. The molecule has 0 fully saturated rings. The highest BCUT2D eigenvalue weighted by molar-refractivity contribution is 14.1. The number of amides is 2. The van der Waals surface area contributed by atoms with E-state index >= 15 is 0 Å². The highest BCUT2D eigenvalue weighted by atomic mass is 127. The van der Waals surface area contributed by atoms with Crippen molar-refractivity contribution in [3.63, 3.8) is 0 Å². The first-order valence-corrected chi connectivity index (χ1v) is 8.81. The van der Waals surface area contributed by atoms with E-state index in [1.807, 2.05) is 36.4 Å². The summed E-state index contributed by atoms with van der Waals surface area (Å²) < 4.78 is 1.81. The van der Waals surface area contributed by atoms with Gasteiger partial charge in [0.25, 0.3) is 11.8 Å². The molecular weight excluding hydrogens is 506 g/mol. The molecule has 0 heterocycles. The summed E-state index contributed by atoms with van der Waals surface area (Å²) in [6.07, 6.45) is 0. The molecule has 0 unspecified atom stereocenters. The molecule has 0 radical (unpaired) electrons. The summed E-state index contributed by atoms with van der Waals surface area (Å²) in [7, 11) is 0. The molecule has 0 saturated heterocycles. The average molecular weight is 520 g/mol. The summed E-state index contributed by atoms with van der Waals surface area (Å²) in [6.45, 7) is 0.776. The Morgan fingerprint density at radius 2 is 1.09 bits per heavy atom. The minimum absolute atomic E-state index is 0.131. The molecule has 0 aliphatic carbocycles. The lowest BCUT2D eigenvalue weighted by molar-refractivity contribution is 0.0927. The van der Waals surface area contributed by atoms with Crippen LogP contribution in [0.5, 0.6) is 0 Å². The standard InChI is InChI=1S/C16H14I2N2O2/c17-13-7-3-1-5-11(13)15(21)19-9-10-20-16(22)12-6-2-4-8-14(12)18/h1-8H,9-10H2,(H,19,21)(H,20,22). The van der Waals surface area contributed by atoms with Gasteiger partial charge in [0.2, 0.25) is 0 Å². The second kappa shape index (κ2) is 8.47. The summed E-state index contributed by atoms with van der Waals surface area (Å²) in [5.74, 6) is -0.262. The number of halogens is 2. The van der Waals surface area contributed by atoms with Crippen LogP contribution < -0.4 is 10.6 Å². The van der Waals surface area contributed by atoms with E-state index in [0.717, 1.165) is 7.14 Å². The van der Waals surface area contributed by atoms with Crippen LogP contribution in [0.1, 0.15) is 20.7 Å². The largest absolute Gasteiger partial charge is 0.350 e. The predicted molar refractivity (Wildman–Crippen MR) is 103 cm³/mol. The molecule has 0 bridgehead atoms. The van der Waals surface area contributed by atoms with Crippen molar-refractivity contribution in [1.82, 2.24) is 10.6 Å². The van der Waals surface area contributed by atoms with Gasteiger partial charge >= 0.3 is 0 Å². The normalized spacial score (nSPS) is 10.1. The fourth-order valence-corrected chi connectivity index (χ4v) is 3.10. The van der Waals surface area contributed by atoms with Crippen molar-refractivity contribution in [2.45, 2.75) is 0 Å². The second-order valence-electron chi connectivity index (χ2n) is 4.47. The number of benzene rings is 2. The SMILES string of the molecule is O=C(NCCNC(=O)c1ccccc1I)c1ccccc1I. The summed E-state index contributed by atoms with van der Waals surface area (Å²) in [5.41, 5.74) is 1.29. The molecule has 0 aromatic heterocycles. The van der Waals surface area contributed by atoms with Crippen LogP contribution in [0, 0.1) is 7.14 Å². The third-order valence-electron chi connectivity index (χ3n) is 2.93. The molecule has 22 heavy (non-hydrogen) atoms. The third kappa shape index (κ3) is 4.67. The quantitative estimate of drug-likeness (QED) is 0.471. The van der Waals surface area contributed by atoms with Gasteiger partial charge in [-0.25, -0.2) is 0 Å². The number of nitrogens with one attached hydrogen (secondary N) is 2. The van der Waals surface area contributed by atoms with Crippen LogP contribution in [0.2, 0.25) is 0 Å². The van der Waals surface area contributed by atoms with Gasteiger partial charge in [0.1, 0.15) is 0 Å². The minimum atomic E-state index is -0.131. The smallest absolute Gasteiger partial charge is 0.252 e. The Kier molecular flexibility index (Phi) is 6.62. The summed E-state index contributed by atoms with van der Waals surface area (Å²) in [6, 6.07) is 14.8. The highest BCUT2D eigenvalue weighted by Crippen LogP contribution is 2.11. The maximum atomic E-state index is 12.0. The minimum Gasteiger partial charge on any atom is -0.350 e. The van der Waals surface area contributed by atoms with Gasteiger partial charge in [-0.05, 0) is 69.4 Å². The fraction of sp³-hybridized carbons (Fsp3) is 0.125. The van der Waals surface area contributed by atoms with Crippen LogP contribution in [0.25, 0.3) is 0 Å². The van der Waals surface area contributed by atoms with Gasteiger partial charge in [-0.1, -0.05) is 24.3 Å². The maximum absolute atomic E-state index is 12.0. The molecule has 114 valence electrons. The van der Waals surface area contributed by atoms with Gasteiger partial charge in [0.05, 0.1) is 11.1 Å². The molecule has 2 N–H and O–H groups in total. The van der Waals surface area contributed by atoms with Crippen LogP contribution in [0.4, 0.5) is 0 Å². The number of carbonyl (C=O) groups is 2. The van der Waals surface area contributed by atoms with Crippen molar-refractivity contribution in [2.75, 3.05) is 13.1 Å². The van der Waals surface area contributed by atoms with Crippen molar-refractivity contribution in [1.29, 1.82) is 0 Å². The Bertz CT molecular complexity index is 630. The molecule has 2 rings (SSSR count). The van der Waals surface area contributed by atoms with Crippen molar-refractivity contribution < 1.29 is 9.59 Å². The molecular formula is C16H14I2N2O2. The van der Waals surface area contributed by atoms with E-state index in [4.69, 9.17) is 0 Å². The summed E-state index contributed by atoms with van der Waals surface area (Å²) in [4.78, 5) is 24.0. The van der Waals surface area contributed by atoms with Crippen molar-refractivity contribution in [2.24, 2.45) is 0 Å². The van der Waals surface area contributed by atoms with E-state index in [-0.39, 0.29) is 11.8 Å². The van der Waals surface area contributed by atoms with E-state index in [9.17, 15) is 9.59 Å². The lowest BCUT2D eigenvalue weighted by Gasteiger charge is -2.09. The summed E-state index contributed by atoms with van der Waals surface area (Å²) >= 11 is 4.25. The van der Waals surface area contributed by atoms with E-state index < -0.39 is 0 Å². The zero-order valence-electron chi connectivity index (χ0n) is 11.6. The van der Waals surface area contributed by atoms with Gasteiger partial charge in [-0.2, -0.15) is 0 Å². The van der Waals surface area contributed by atoms with Crippen LogP contribution in [0.15, 0.2) is 48.5 Å². The zero-order valence-corrected chi connectivity index (χ0v) is 15.9. The molecule has 0 aliphatic heterocycles. The average Bonchev–Trinajstić information content (AvgIpc) is 2.52. The number of hydrogen-bond acceptors (Lipinski definition) is 2. The van der Waals surface area contributed by atoms with E-state index in [1.54, 1.807) is 12.1 Å². The van der Waals surface area contributed by atoms with Gasteiger partial charge < -0.3 is 10.6 Å². The van der Waals surface area contributed by atoms with Gasteiger partial charge in [-0.3, -0.25) is 9.59 Å². The third-order valence-corrected chi connectivity index (χ3v) is 4.81. The van der Waals surface area contributed by atoms with E-state index in [2.05, 4.69) is 55.8 Å². The van der Waals surface area contributed by atoms with Crippen LogP contribution in [-0.4, -0.2) is 24.9 Å². The maximum Gasteiger partial charge on any atom is 0.252 e. The van der Waals surface area contributed by atoms with Gasteiger partial charge in [0, 0.05) is 20.2 Å². The lowest BCUT2D eigenvalue weighted by Crippen LogP contribution is -2.35. The summed E-state index contributed by atoms with van der Waals surface area (Å²) in [5, 5.41) is 5.60. The van der Waals surface area contributed by atoms with Crippen molar-refractivity contribution in [3.05, 3.63) is 66.8 Å². The molecule has 2 amide bonds. The molecule has 2 aromatic carbocycles. The Balaban J connectivity index is 1.80. The first-order chi connectivity index (χ1) is 10.6. The Hall–Kier alpha value is -1.16. The highest BCUT2D eigenvalue weighted by Gasteiger charge is 2.10. The van der Waals surface area contributed by atoms with Gasteiger partial charge in [-0.15, -0.1) is 0 Å². The zero-order chi connectivity index (χ0) is 15.9. The monoisotopic (exact) mass is 520 g/mol. The Labute approximate surface area is 156 Å². The van der Waals surface area contributed by atoms with Crippen molar-refractivity contribution in [3.8, 4) is 0 Å². The van der Waals surface area contributed by atoms with Crippen molar-refractivity contribution >= 4 is 57.0 Å². The molecule has 0 atom stereocenters. The molecule has 2 aromatic rings. The van der Waals surface area contributed by atoms with E-state index in [0.29, 0.717) is 24.2 Å². The molecule has 6 heteroatoms. The lowest BCUT2D eigenvalue weighted by atomic mass is 10.2. The number of rotatable bonds is 5. The van der Waals surface area contributed by atoms with Crippen LogP contribution >= 0.6 is 45.2 Å². The van der Waals surface area contributed by atoms with Crippen LogP contribution in [0.3, 0.4) is 0 Å². The second-order valence-corrected chi connectivity index (χ2v) is 6.80. The first-order valence-electron chi connectivity index (χ1n) is 6.65. The predicted octanol–water partition coefficient (Wildman–Crippen LogP) is 3.06. The molecule has 0 saturated carbocycles. The molecule has 4 nitrogen and oxygen atoms in total. The molecule has 0 aliphatic rings.